The van der Waals surface area contributed by atoms with E-state index in [0.29, 0.717) is 23.8 Å². The molecule has 0 spiro atoms. The van der Waals surface area contributed by atoms with E-state index < -0.39 is 52.5 Å². The Bertz CT molecular complexity index is 1020. The number of nitrogens with one attached hydrogen (secondary N) is 2. The molecule has 1 aromatic rings. The van der Waals surface area contributed by atoms with Gasteiger partial charge in [-0.2, -0.15) is 4.31 Å². The Kier molecular flexibility index (Phi) is 6.81. The number of carbonyl (C=O) groups is 4. The summed E-state index contributed by atoms with van der Waals surface area (Å²) in [6, 6.07) is 4.86. The van der Waals surface area contributed by atoms with Crippen LogP contribution >= 0.6 is 0 Å². The molecule has 2 heterocycles. The lowest BCUT2D eigenvalue weighted by molar-refractivity contribution is -0.150. The van der Waals surface area contributed by atoms with Gasteiger partial charge >= 0.3 is 12.0 Å². The number of nitrogens with zero attached hydrogens (tertiary/aromatic N) is 2. The second-order valence-electron chi connectivity index (χ2n) is 7.70. The van der Waals surface area contributed by atoms with E-state index >= 15 is 0 Å². The summed E-state index contributed by atoms with van der Waals surface area (Å²) in [5.74, 6) is -2.16. The first-order chi connectivity index (χ1) is 15.0. The van der Waals surface area contributed by atoms with E-state index in [1.165, 1.54) is 42.4 Å². The lowest BCUT2D eigenvalue weighted by Crippen LogP contribution is -2.41. The van der Waals surface area contributed by atoms with Crippen LogP contribution in [0.25, 0.3) is 0 Å². The van der Waals surface area contributed by atoms with Gasteiger partial charge in [0, 0.05) is 18.8 Å². The summed E-state index contributed by atoms with van der Waals surface area (Å²) >= 11 is 0. The molecule has 174 valence electrons. The Morgan fingerprint density at radius 2 is 1.78 bits per heavy atom. The van der Waals surface area contributed by atoms with Crippen LogP contribution in [0.15, 0.2) is 29.2 Å². The molecule has 0 radical (unpaired) electrons. The number of hydrogen-bond acceptors (Lipinski definition) is 8. The lowest BCUT2D eigenvalue weighted by Gasteiger charge is -2.26. The third kappa shape index (κ3) is 5.23. The van der Waals surface area contributed by atoms with Crippen molar-refractivity contribution < 1.29 is 37.1 Å². The molecular weight excluding hydrogens is 444 g/mol. The molecule has 3 rings (SSSR count). The van der Waals surface area contributed by atoms with Crippen LogP contribution in [0.5, 0.6) is 0 Å². The summed E-state index contributed by atoms with van der Waals surface area (Å²) in [5, 5.41) is 4.91. The minimum absolute atomic E-state index is 0.0836. The van der Waals surface area contributed by atoms with Crippen LogP contribution in [0.1, 0.15) is 13.8 Å². The van der Waals surface area contributed by atoms with Crippen LogP contribution in [0.3, 0.4) is 0 Å². The maximum absolute atomic E-state index is 12.6. The molecule has 0 bridgehead atoms. The van der Waals surface area contributed by atoms with Crippen molar-refractivity contribution in [1.82, 2.24) is 14.5 Å². The molecule has 4 amide bonds. The van der Waals surface area contributed by atoms with Crippen molar-refractivity contribution in [3.05, 3.63) is 24.3 Å². The van der Waals surface area contributed by atoms with Crippen molar-refractivity contribution >= 4 is 39.5 Å². The van der Waals surface area contributed by atoms with Crippen molar-refractivity contribution in [2.24, 2.45) is 0 Å². The maximum atomic E-state index is 12.6. The first kappa shape index (κ1) is 23.6. The van der Waals surface area contributed by atoms with Gasteiger partial charge in [0.05, 0.1) is 18.1 Å². The number of ether oxygens (including phenoxy) is 2. The highest BCUT2D eigenvalue weighted by Crippen LogP contribution is 2.19. The average Bonchev–Trinajstić information content (AvgIpc) is 2.95. The van der Waals surface area contributed by atoms with Crippen molar-refractivity contribution in [3.8, 4) is 0 Å². The lowest BCUT2D eigenvalue weighted by atomic mass is 10.1. The van der Waals surface area contributed by atoms with E-state index in [9.17, 15) is 27.6 Å². The quantitative estimate of drug-likeness (QED) is 0.402. The van der Waals surface area contributed by atoms with E-state index in [4.69, 9.17) is 9.47 Å². The Hall–Kier alpha value is -3.03. The molecule has 0 aliphatic carbocycles. The van der Waals surface area contributed by atoms with Crippen LogP contribution in [-0.2, 0) is 33.9 Å². The number of morpholine rings is 1. The molecule has 32 heavy (non-hydrogen) atoms. The smallest absolute Gasteiger partial charge is 0.326 e. The molecule has 2 N–H and O–H groups in total. The molecular formula is C19H24N4O8S. The third-order valence-electron chi connectivity index (χ3n) is 4.84. The fourth-order valence-electron chi connectivity index (χ4n) is 3.13. The van der Waals surface area contributed by atoms with E-state index in [1.807, 2.05) is 0 Å². The molecule has 2 aliphatic rings. The van der Waals surface area contributed by atoms with Gasteiger partial charge in [-0.1, -0.05) is 0 Å². The first-order valence-electron chi connectivity index (χ1n) is 9.78. The van der Waals surface area contributed by atoms with E-state index in [1.54, 1.807) is 0 Å². The Labute approximate surface area is 184 Å². The number of benzene rings is 1. The highest BCUT2D eigenvalue weighted by molar-refractivity contribution is 7.89. The summed E-state index contributed by atoms with van der Waals surface area (Å²) in [6.45, 7) is 2.96. The number of esters is 1. The topological polar surface area (TPSA) is 151 Å². The summed E-state index contributed by atoms with van der Waals surface area (Å²) in [4.78, 5) is 48.6. The number of sulfonamides is 1. The standard InChI is InChI=1S/C19H24N4O8S/c1-19(2)17(26)23(18(27)21-19)11-16(25)31-12-15(24)20-13-3-5-14(6-4-13)32(28,29)22-7-9-30-10-8-22/h3-6H,7-12H2,1-2H3,(H,20,24)(H,21,27). The monoisotopic (exact) mass is 468 g/mol. The number of imide groups is 1. The van der Waals surface area contributed by atoms with Crippen molar-refractivity contribution in [3.63, 3.8) is 0 Å². The summed E-state index contributed by atoms with van der Waals surface area (Å²) < 4.78 is 36.5. The number of urea groups is 1. The van der Waals surface area contributed by atoms with Crippen LogP contribution in [0.2, 0.25) is 0 Å². The number of rotatable bonds is 7. The molecule has 0 saturated carbocycles. The van der Waals surface area contributed by atoms with Gasteiger partial charge in [0.1, 0.15) is 12.1 Å². The van der Waals surface area contributed by atoms with Crippen molar-refractivity contribution in [1.29, 1.82) is 0 Å². The molecule has 2 saturated heterocycles. The second kappa shape index (κ2) is 9.22. The van der Waals surface area contributed by atoms with Gasteiger partial charge < -0.3 is 20.1 Å². The van der Waals surface area contributed by atoms with E-state index in [0.717, 1.165) is 0 Å². The second-order valence-corrected chi connectivity index (χ2v) is 9.63. The fraction of sp³-hybridized carbons (Fsp3) is 0.474. The zero-order valence-electron chi connectivity index (χ0n) is 17.6. The van der Waals surface area contributed by atoms with Crippen molar-refractivity contribution in [2.75, 3.05) is 44.8 Å². The normalized spacial score (nSPS) is 18.9. The third-order valence-corrected chi connectivity index (χ3v) is 6.75. The molecule has 13 heteroatoms. The molecule has 12 nitrogen and oxygen atoms in total. The molecule has 1 aromatic carbocycles. The first-order valence-corrected chi connectivity index (χ1v) is 11.2. The molecule has 0 atom stereocenters. The van der Waals surface area contributed by atoms with Gasteiger partial charge in [-0.3, -0.25) is 19.3 Å². The molecule has 2 aliphatic heterocycles. The van der Waals surface area contributed by atoms with Gasteiger partial charge in [-0.15, -0.1) is 0 Å². The van der Waals surface area contributed by atoms with Gasteiger partial charge in [-0.05, 0) is 38.1 Å². The summed E-state index contributed by atoms with van der Waals surface area (Å²) in [5.41, 5.74) is -0.807. The Morgan fingerprint density at radius 3 is 2.34 bits per heavy atom. The number of hydrogen-bond donors (Lipinski definition) is 2. The predicted molar refractivity (Wildman–Crippen MR) is 110 cm³/mol. The molecule has 2 fully saturated rings. The van der Waals surface area contributed by atoms with Crippen molar-refractivity contribution in [2.45, 2.75) is 24.3 Å². The van der Waals surface area contributed by atoms with Gasteiger partial charge in [0.2, 0.25) is 10.0 Å². The van der Waals surface area contributed by atoms with E-state index in [2.05, 4.69) is 10.6 Å². The van der Waals surface area contributed by atoms with Crippen LogP contribution in [0, 0.1) is 0 Å². The molecule has 0 aromatic heterocycles. The van der Waals surface area contributed by atoms with Gasteiger partial charge in [0.25, 0.3) is 11.8 Å². The zero-order valence-corrected chi connectivity index (χ0v) is 18.4. The highest BCUT2D eigenvalue weighted by Gasteiger charge is 2.45. The minimum atomic E-state index is -3.65. The van der Waals surface area contributed by atoms with Gasteiger partial charge in [0.15, 0.2) is 6.61 Å². The Morgan fingerprint density at radius 1 is 1.16 bits per heavy atom. The fourth-order valence-corrected chi connectivity index (χ4v) is 4.53. The van der Waals surface area contributed by atoms with Crippen LogP contribution in [0.4, 0.5) is 10.5 Å². The van der Waals surface area contributed by atoms with Crippen LogP contribution in [-0.4, -0.2) is 86.4 Å². The number of carbonyl (C=O) groups excluding carboxylic acids is 4. The zero-order chi connectivity index (χ0) is 23.5. The number of anilines is 1. The summed E-state index contributed by atoms with van der Waals surface area (Å²) in [7, 11) is -3.65. The maximum Gasteiger partial charge on any atom is 0.326 e. The summed E-state index contributed by atoms with van der Waals surface area (Å²) in [6.07, 6.45) is 0. The highest BCUT2D eigenvalue weighted by atomic mass is 32.2. The largest absolute Gasteiger partial charge is 0.454 e. The Balaban J connectivity index is 1.49. The SMILES string of the molecule is CC1(C)NC(=O)N(CC(=O)OCC(=O)Nc2ccc(S(=O)(=O)N3CCOCC3)cc2)C1=O. The predicted octanol–water partition coefficient (Wildman–Crippen LogP) is -0.480. The average molecular weight is 468 g/mol. The number of amides is 4. The van der Waals surface area contributed by atoms with Crippen LogP contribution < -0.4 is 10.6 Å². The minimum Gasteiger partial charge on any atom is -0.454 e. The van der Waals surface area contributed by atoms with Gasteiger partial charge in [-0.25, -0.2) is 13.2 Å². The molecule has 0 unspecified atom stereocenters. The van der Waals surface area contributed by atoms with E-state index in [-0.39, 0.29) is 18.0 Å².